The molecule has 2 aliphatic rings. The Labute approximate surface area is 151 Å². The number of carbonyl (C=O) groups is 1. The number of nitrogens with zero attached hydrogens (tertiary/aromatic N) is 1. The Bertz CT molecular complexity index is 557. The molecule has 0 aromatic heterocycles. The predicted molar refractivity (Wildman–Crippen MR) is 98.9 cm³/mol. The number of halogens is 1. The maximum Gasteiger partial charge on any atom is 0.220 e. The lowest BCUT2D eigenvalue weighted by Crippen LogP contribution is -2.49. The lowest BCUT2D eigenvalue weighted by molar-refractivity contribution is -0.122. The highest BCUT2D eigenvalue weighted by molar-refractivity contribution is 5.76. The van der Waals surface area contributed by atoms with E-state index in [0.29, 0.717) is 12.8 Å². The minimum absolute atomic E-state index is 0.0915. The molecule has 0 bridgehead atoms. The van der Waals surface area contributed by atoms with Gasteiger partial charge >= 0.3 is 0 Å². The number of aryl methyl sites for hydroxylation is 1. The second-order valence-corrected chi connectivity index (χ2v) is 7.80. The molecule has 25 heavy (non-hydrogen) atoms. The Balaban J connectivity index is 1.39. The highest BCUT2D eigenvalue weighted by Gasteiger charge is 2.24. The van der Waals surface area contributed by atoms with Crippen molar-refractivity contribution >= 4 is 5.91 Å². The van der Waals surface area contributed by atoms with Crippen LogP contribution in [0.25, 0.3) is 0 Å². The number of nitrogens with one attached hydrogen (secondary N) is 1. The van der Waals surface area contributed by atoms with Gasteiger partial charge in [-0.25, -0.2) is 4.39 Å². The van der Waals surface area contributed by atoms with E-state index in [1.54, 1.807) is 6.07 Å². The van der Waals surface area contributed by atoms with Gasteiger partial charge in [0.15, 0.2) is 0 Å². The number of piperidine rings is 1. The van der Waals surface area contributed by atoms with E-state index in [0.717, 1.165) is 24.4 Å². The first-order valence-electron chi connectivity index (χ1n) is 9.95. The van der Waals surface area contributed by atoms with Gasteiger partial charge in [0.25, 0.3) is 0 Å². The summed E-state index contributed by atoms with van der Waals surface area (Å²) in [6, 6.07) is 6.81. The molecule has 4 heteroatoms. The molecule has 1 atom stereocenters. The van der Waals surface area contributed by atoms with Crippen molar-refractivity contribution in [3.63, 3.8) is 0 Å². The van der Waals surface area contributed by atoms with Gasteiger partial charge in [0.2, 0.25) is 5.91 Å². The van der Waals surface area contributed by atoms with Gasteiger partial charge in [0, 0.05) is 25.6 Å². The highest BCUT2D eigenvalue weighted by Crippen LogP contribution is 2.25. The first-order valence-corrected chi connectivity index (χ1v) is 9.95. The molecule has 1 saturated heterocycles. The fraction of sp³-hybridized carbons (Fsp3) is 0.667. The number of benzene rings is 1. The van der Waals surface area contributed by atoms with Crippen LogP contribution in [0.3, 0.4) is 0 Å². The average Bonchev–Trinajstić information content (AvgIpc) is 2.61. The molecule has 2 fully saturated rings. The largest absolute Gasteiger partial charge is 0.352 e. The van der Waals surface area contributed by atoms with Crippen molar-refractivity contribution < 1.29 is 9.18 Å². The number of carbonyl (C=O) groups excluding carboxylic acids is 1. The Kier molecular flexibility index (Phi) is 6.85. The van der Waals surface area contributed by atoms with Crippen molar-refractivity contribution in [1.82, 2.24) is 10.2 Å². The summed E-state index contributed by atoms with van der Waals surface area (Å²) in [5, 5.41) is 3.20. The van der Waals surface area contributed by atoms with Gasteiger partial charge in [-0.15, -0.1) is 0 Å². The topological polar surface area (TPSA) is 32.3 Å². The molecule has 1 aromatic rings. The zero-order valence-corrected chi connectivity index (χ0v) is 15.2. The van der Waals surface area contributed by atoms with Crippen LogP contribution in [0.4, 0.5) is 4.39 Å². The SMILES string of the molecule is O=C(CCc1cccc(F)c1)N[C@@H]1CCCN(CC2CCCCC2)C1. The third-order valence-corrected chi connectivity index (χ3v) is 5.64. The minimum atomic E-state index is -0.233. The van der Waals surface area contributed by atoms with Gasteiger partial charge in [-0.3, -0.25) is 4.79 Å². The van der Waals surface area contributed by atoms with Crippen LogP contribution < -0.4 is 5.32 Å². The van der Waals surface area contributed by atoms with E-state index in [1.165, 1.54) is 63.7 Å². The van der Waals surface area contributed by atoms with Crippen LogP contribution in [0.1, 0.15) is 56.9 Å². The van der Waals surface area contributed by atoms with Crippen molar-refractivity contribution in [2.45, 2.75) is 63.8 Å². The molecule has 138 valence electrons. The van der Waals surface area contributed by atoms with Crippen LogP contribution in [0.5, 0.6) is 0 Å². The molecular weight excluding hydrogens is 315 g/mol. The van der Waals surface area contributed by atoms with Gasteiger partial charge in [-0.1, -0.05) is 31.4 Å². The normalized spacial score (nSPS) is 22.7. The molecule has 1 aliphatic carbocycles. The molecule has 3 rings (SSSR count). The summed E-state index contributed by atoms with van der Waals surface area (Å²) in [4.78, 5) is 14.8. The van der Waals surface area contributed by atoms with Gasteiger partial charge in [0.1, 0.15) is 5.82 Å². The van der Waals surface area contributed by atoms with Gasteiger partial charge in [-0.2, -0.15) is 0 Å². The lowest BCUT2D eigenvalue weighted by Gasteiger charge is -2.36. The van der Waals surface area contributed by atoms with Crippen LogP contribution >= 0.6 is 0 Å². The smallest absolute Gasteiger partial charge is 0.220 e. The van der Waals surface area contributed by atoms with Crippen LogP contribution in [-0.4, -0.2) is 36.5 Å². The van der Waals surface area contributed by atoms with Crippen LogP contribution in [-0.2, 0) is 11.2 Å². The molecule has 1 aromatic carbocycles. The van der Waals surface area contributed by atoms with Crippen molar-refractivity contribution in [1.29, 1.82) is 0 Å². The van der Waals surface area contributed by atoms with Gasteiger partial charge < -0.3 is 10.2 Å². The van der Waals surface area contributed by atoms with E-state index < -0.39 is 0 Å². The van der Waals surface area contributed by atoms with Crippen LogP contribution in [0.15, 0.2) is 24.3 Å². The number of likely N-dealkylation sites (tertiary alicyclic amines) is 1. The summed E-state index contributed by atoms with van der Waals surface area (Å²) >= 11 is 0. The molecule has 0 unspecified atom stereocenters. The monoisotopic (exact) mass is 346 g/mol. The Morgan fingerprint density at radius 3 is 2.80 bits per heavy atom. The molecule has 1 N–H and O–H groups in total. The quantitative estimate of drug-likeness (QED) is 0.847. The molecule has 1 amide bonds. The van der Waals surface area contributed by atoms with E-state index >= 15 is 0 Å². The summed E-state index contributed by atoms with van der Waals surface area (Å²) in [5.74, 6) is 0.716. The van der Waals surface area contributed by atoms with Crippen molar-refractivity contribution in [3.8, 4) is 0 Å². The molecular formula is C21H31FN2O. The summed E-state index contributed by atoms with van der Waals surface area (Å²) in [6.45, 7) is 3.37. The maximum absolute atomic E-state index is 13.2. The first-order chi connectivity index (χ1) is 12.2. The van der Waals surface area contributed by atoms with E-state index in [1.807, 2.05) is 6.07 Å². The highest BCUT2D eigenvalue weighted by atomic mass is 19.1. The second kappa shape index (κ2) is 9.33. The summed E-state index contributed by atoms with van der Waals surface area (Å²) in [6.07, 6.45) is 10.2. The molecule has 0 spiro atoms. The van der Waals surface area contributed by atoms with Gasteiger partial charge in [0.05, 0.1) is 0 Å². The standard InChI is InChI=1S/C21H31FN2O/c22-19-9-4-8-17(14-19)11-12-21(25)23-20-10-5-13-24(16-20)15-18-6-2-1-3-7-18/h4,8-9,14,18,20H,1-3,5-7,10-13,15-16H2,(H,23,25)/t20-/m1/s1. The van der Waals surface area contributed by atoms with E-state index in [2.05, 4.69) is 10.2 Å². The molecule has 1 saturated carbocycles. The van der Waals surface area contributed by atoms with E-state index in [9.17, 15) is 9.18 Å². The van der Waals surface area contributed by atoms with E-state index in [4.69, 9.17) is 0 Å². The predicted octanol–water partition coefficient (Wildman–Crippen LogP) is 3.92. The third kappa shape index (κ3) is 6.10. The first kappa shape index (κ1) is 18.4. The maximum atomic E-state index is 13.2. The summed E-state index contributed by atoms with van der Waals surface area (Å²) < 4.78 is 13.2. The van der Waals surface area contributed by atoms with Crippen molar-refractivity contribution in [3.05, 3.63) is 35.6 Å². The Hall–Kier alpha value is -1.42. The van der Waals surface area contributed by atoms with Crippen LogP contribution in [0, 0.1) is 11.7 Å². The lowest BCUT2D eigenvalue weighted by atomic mass is 9.88. The zero-order chi connectivity index (χ0) is 17.5. The Morgan fingerprint density at radius 2 is 2.00 bits per heavy atom. The number of hydrogen-bond acceptors (Lipinski definition) is 2. The Morgan fingerprint density at radius 1 is 1.16 bits per heavy atom. The minimum Gasteiger partial charge on any atom is -0.352 e. The van der Waals surface area contributed by atoms with Crippen molar-refractivity contribution in [2.24, 2.45) is 5.92 Å². The molecule has 1 heterocycles. The molecule has 0 radical (unpaired) electrons. The fourth-order valence-electron chi connectivity index (χ4n) is 4.32. The third-order valence-electron chi connectivity index (χ3n) is 5.64. The molecule has 3 nitrogen and oxygen atoms in total. The summed E-state index contributed by atoms with van der Waals surface area (Å²) in [5.41, 5.74) is 0.887. The zero-order valence-electron chi connectivity index (χ0n) is 15.2. The number of amides is 1. The van der Waals surface area contributed by atoms with E-state index in [-0.39, 0.29) is 17.8 Å². The van der Waals surface area contributed by atoms with Crippen LogP contribution in [0.2, 0.25) is 0 Å². The number of rotatable bonds is 6. The average molecular weight is 346 g/mol. The fourth-order valence-corrected chi connectivity index (χ4v) is 4.32. The van der Waals surface area contributed by atoms with Gasteiger partial charge in [-0.05, 0) is 62.3 Å². The molecule has 1 aliphatic heterocycles. The second-order valence-electron chi connectivity index (χ2n) is 7.80. The number of hydrogen-bond donors (Lipinski definition) is 1. The summed E-state index contributed by atoms with van der Waals surface area (Å²) in [7, 11) is 0. The van der Waals surface area contributed by atoms with Crippen molar-refractivity contribution in [2.75, 3.05) is 19.6 Å².